The van der Waals surface area contributed by atoms with Crippen molar-refractivity contribution in [2.24, 2.45) is 17.6 Å². The number of aromatic hydroxyl groups is 1. The molecule has 1 fully saturated rings. The number of hydrogen-bond donors (Lipinski definition) is 5. The molecule has 0 aliphatic heterocycles. The van der Waals surface area contributed by atoms with Crippen LogP contribution >= 0.6 is 0 Å². The molecule has 0 bridgehead atoms. The zero-order valence-corrected chi connectivity index (χ0v) is 24.7. The van der Waals surface area contributed by atoms with Gasteiger partial charge in [0, 0.05) is 43.3 Å². The molecule has 1 saturated carbocycles. The van der Waals surface area contributed by atoms with E-state index in [-0.39, 0.29) is 17.7 Å². The third-order valence-corrected chi connectivity index (χ3v) is 8.67. The number of aliphatic hydroxyl groups is 3. The van der Waals surface area contributed by atoms with E-state index in [1.54, 1.807) is 38.9 Å². The van der Waals surface area contributed by atoms with E-state index >= 15 is 0 Å². The minimum atomic E-state index is -2.99. The first-order valence-electron chi connectivity index (χ1n) is 13.5. The van der Waals surface area contributed by atoms with Crippen LogP contribution in [0.4, 0.5) is 5.69 Å². The fourth-order valence-electron chi connectivity index (χ4n) is 6.78. The Morgan fingerprint density at radius 1 is 1.14 bits per heavy atom. The largest absolute Gasteiger partial charge is 0.508 e. The van der Waals surface area contributed by atoms with E-state index < -0.39 is 81.6 Å². The molecule has 6 atom stereocenters. The minimum absolute atomic E-state index is 0.0800. The molecule has 4 rings (SSSR count). The normalized spacial score (nSPS) is 28.7. The lowest BCUT2D eigenvalue weighted by atomic mass is 9.54. The second-order valence-corrected chi connectivity index (χ2v) is 11.6. The fraction of sp³-hybridized carbons (Fsp3) is 0.467. The summed E-state index contributed by atoms with van der Waals surface area (Å²) in [6.45, 7) is 8.82. The van der Waals surface area contributed by atoms with Gasteiger partial charge >= 0.3 is 5.97 Å². The zero-order valence-electron chi connectivity index (χ0n) is 24.7. The van der Waals surface area contributed by atoms with Crippen molar-refractivity contribution in [3.63, 3.8) is 0 Å². The van der Waals surface area contributed by atoms with Gasteiger partial charge in [0.15, 0.2) is 11.4 Å². The number of nitrogens with zero attached hydrogens (tertiary/aromatic N) is 2. The van der Waals surface area contributed by atoms with Crippen LogP contribution in [0.15, 0.2) is 29.6 Å². The second kappa shape index (κ2) is 10.3. The summed E-state index contributed by atoms with van der Waals surface area (Å²) in [5.74, 6) is -10.1. The molecule has 0 aromatic heterocycles. The molecule has 0 saturated heterocycles. The number of fused-ring (bicyclic) bond motifs is 3. The van der Waals surface area contributed by atoms with Crippen LogP contribution in [0, 0.1) is 11.8 Å². The number of hydrogen-bond acceptors (Lipinski definition) is 11. The predicted octanol–water partition coefficient (Wildman–Crippen LogP) is 1.56. The molecule has 0 heterocycles. The van der Waals surface area contributed by atoms with Crippen molar-refractivity contribution in [1.82, 2.24) is 4.90 Å². The van der Waals surface area contributed by atoms with E-state index in [4.69, 9.17) is 10.5 Å². The van der Waals surface area contributed by atoms with Gasteiger partial charge in [-0.05, 0) is 44.1 Å². The predicted molar refractivity (Wildman–Crippen MR) is 154 cm³/mol. The minimum Gasteiger partial charge on any atom is -0.508 e. The van der Waals surface area contributed by atoms with Crippen molar-refractivity contribution in [2.75, 3.05) is 33.1 Å². The maximum atomic E-state index is 14.4. The number of primary amides is 1. The summed E-state index contributed by atoms with van der Waals surface area (Å²) in [6.07, 6.45) is -1.55. The van der Waals surface area contributed by atoms with E-state index in [1.807, 2.05) is 0 Å². The van der Waals surface area contributed by atoms with Crippen LogP contribution in [0.5, 0.6) is 5.75 Å². The number of esters is 1. The number of anilines is 1. The highest BCUT2D eigenvalue weighted by Gasteiger charge is 2.69. The molecule has 6 N–H and O–H groups in total. The number of phenolic OH excluding ortho intramolecular Hbond substituents is 1. The van der Waals surface area contributed by atoms with Gasteiger partial charge < -0.3 is 35.8 Å². The number of phenols is 1. The Morgan fingerprint density at radius 2 is 1.74 bits per heavy atom. The van der Waals surface area contributed by atoms with Gasteiger partial charge in [-0.15, -0.1) is 0 Å². The monoisotopic (exact) mass is 583 g/mol. The summed E-state index contributed by atoms with van der Waals surface area (Å²) < 4.78 is 5.88. The van der Waals surface area contributed by atoms with Crippen LogP contribution in [0.25, 0.3) is 11.3 Å². The summed E-state index contributed by atoms with van der Waals surface area (Å²) in [7, 11) is 6.45. The number of ether oxygens (including phenoxy) is 1. The molecule has 3 aliphatic carbocycles. The molecule has 42 heavy (non-hydrogen) atoms. The Morgan fingerprint density at radius 3 is 2.21 bits per heavy atom. The second-order valence-electron chi connectivity index (χ2n) is 11.6. The first-order chi connectivity index (χ1) is 19.4. The Kier molecular flexibility index (Phi) is 7.54. The van der Waals surface area contributed by atoms with Crippen molar-refractivity contribution >= 4 is 40.5 Å². The highest BCUT2D eigenvalue weighted by atomic mass is 16.5. The quantitative estimate of drug-likeness (QED) is 0.241. The summed E-state index contributed by atoms with van der Waals surface area (Å²) in [4.78, 5) is 56.2. The third-order valence-electron chi connectivity index (χ3n) is 8.67. The van der Waals surface area contributed by atoms with Crippen LogP contribution in [0.1, 0.15) is 49.8 Å². The van der Waals surface area contributed by atoms with E-state index in [9.17, 15) is 39.6 Å². The average Bonchev–Trinajstić information content (AvgIpc) is 2.89. The van der Waals surface area contributed by atoms with Gasteiger partial charge in [0.1, 0.15) is 28.9 Å². The molecule has 1 aromatic carbocycles. The van der Waals surface area contributed by atoms with Crippen LogP contribution in [0.3, 0.4) is 0 Å². The van der Waals surface area contributed by atoms with Gasteiger partial charge in [-0.2, -0.15) is 0 Å². The molecule has 0 spiro atoms. The van der Waals surface area contributed by atoms with Gasteiger partial charge in [-0.25, -0.2) is 0 Å². The summed E-state index contributed by atoms with van der Waals surface area (Å²) in [6, 6.07) is 0.261. The van der Waals surface area contributed by atoms with Crippen LogP contribution in [0.2, 0.25) is 0 Å². The number of amides is 1. The lowest BCUT2D eigenvalue weighted by molar-refractivity contribution is -0.185. The number of ketones is 2. The van der Waals surface area contributed by atoms with Gasteiger partial charge in [-0.1, -0.05) is 20.4 Å². The number of benzene rings is 1. The average molecular weight is 584 g/mol. The molecular weight excluding hydrogens is 546 g/mol. The lowest BCUT2D eigenvalue weighted by Crippen LogP contribution is -2.71. The molecule has 3 aliphatic rings. The summed E-state index contributed by atoms with van der Waals surface area (Å²) in [5, 5.41) is 46.5. The van der Waals surface area contributed by atoms with Crippen LogP contribution in [-0.2, 0) is 23.9 Å². The van der Waals surface area contributed by atoms with Crippen molar-refractivity contribution in [1.29, 1.82) is 0 Å². The standard InChI is InChI=1S/C30H37N3O9/c1-9-15(34)42-26-17-12(4)16-14(32(5)6)10-13(11(2)3)23(35)18(16)24(36)19(17)27(38)30(41)21(26)22(33(7)8)25(37)20(28(30)39)29(31)40/h10,12,17,21-22,26,35-36,39,41H,2,9H2,1,3-8H3,(H2,31,40)/t12-,17+,21+,22-,26-,30-/m0/s1. The number of nitrogens with two attached hydrogens (primary N) is 1. The number of rotatable bonds is 6. The molecular formula is C30H37N3O9. The van der Waals surface area contributed by atoms with Gasteiger partial charge in [0.2, 0.25) is 5.78 Å². The number of likely N-dealkylation sites (N-methyl/N-ethyl adjacent to an activating group) is 1. The molecule has 1 amide bonds. The highest BCUT2D eigenvalue weighted by molar-refractivity contribution is 6.24. The lowest BCUT2D eigenvalue weighted by Gasteiger charge is -2.54. The van der Waals surface area contributed by atoms with E-state index in [2.05, 4.69) is 6.58 Å². The highest BCUT2D eigenvalue weighted by Crippen LogP contribution is 2.59. The number of allylic oxidation sites excluding steroid dienone is 1. The van der Waals surface area contributed by atoms with Gasteiger partial charge in [0.05, 0.1) is 17.5 Å². The zero-order chi connectivity index (χ0) is 31.7. The summed E-state index contributed by atoms with van der Waals surface area (Å²) >= 11 is 0. The fourth-order valence-corrected chi connectivity index (χ4v) is 6.78. The maximum Gasteiger partial charge on any atom is 0.305 e. The number of Topliss-reactive ketones (excluding diaryl/α,β-unsaturated/α-hetero) is 2. The van der Waals surface area contributed by atoms with E-state index in [1.165, 1.54) is 25.9 Å². The number of carbonyl (C=O) groups is 4. The summed E-state index contributed by atoms with van der Waals surface area (Å²) in [5.41, 5.74) is 2.74. The van der Waals surface area contributed by atoms with Crippen molar-refractivity contribution in [2.45, 2.75) is 50.9 Å². The SMILES string of the molecule is C=C(C)c1cc(N(C)C)c2c(c1O)C(O)=C1C(=O)[C@]3(O)C(O)=C(C(N)=O)C(=O)[C@@H](N(C)C)[C@@H]3[C@@H](OC(=O)CC)[C@@H]1[C@H]2C. The van der Waals surface area contributed by atoms with Gasteiger partial charge in [-0.3, -0.25) is 24.1 Å². The van der Waals surface area contributed by atoms with Crippen molar-refractivity contribution in [3.8, 4) is 5.75 Å². The third kappa shape index (κ3) is 4.03. The van der Waals surface area contributed by atoms with E-state index in [0.29, 0.717) is 22.4 Å². The first-order valence-corrected chi connectivity index (χ1v) is 13.5. The molecule has 12 heteroatoms. The molecule has 226 valence electrons. The van der Waals surface area contributed by atoms with E-state index in [0.717, 1.165) is 0 Å². The van der Waals surface area contributed by atoms with Crippen molar-refractivity contribution < 1.29 is 44.3 Å². The Labute approximate surface area is 243 Å². The first kappa shape index (κ1) is 30.8. The number of aliphatic hydroxyl groups excluding tert-OH is 2. The Bertz CT molecular complexity index is 1510. The Hall–Kier alpha value is -4.16. The van der Waals surface area contributed by atoms with Gasteiger partial charge in [0.25, 0.3) is 5.91 Å². The van der Waals surface area contributed by atoms with Crippen molar-refractivity contribution in [3.05, 3.63) is 46.2 Å². The molecule has 12 nitrogen and oxygen atoms in total. The number of carbonyl (C=O) groups excluding carboxylic acids is 4. The Balaban J connectivity index is 2.19. The topological polar surface area (TPSA) is 191 Å². The smallest absolute Gasteiger partial charge is 0.305 e. The molecule has 0 radical (unpaired) electrons. The molecule has 0 unspecified atom stereocenters. The molecule has 1 aromatic rings. The van der Waals surface area contributed by atoms with Crippen LogP contribution < -0.4 is 10.6 Å². The van der Waals surface area contributed by atoms with Crippen LogP contribution in [-0.4, -0.2) is 94.7 Å². The maximum absolute atomic E-state index is 14.4.